The van der Waals surface area contributed by atoms with Crippen LogP contribution < -0.4 is 5.32 Å². The van der Waals surface area contributed by atoms with Crippen molar-refractivity contribution in [1.29, 1.82) is 0 Å². The molecule has 12 atom stereocenters. The lowest BCUT2D eigenvalue weighted by molar-refractivity contribution is -0.179. The molecule has 6 aliphatic heterocycles. The lowest BCUT2D eigenvalue weighted by atomic mass is 9.95. The summed E-state index contributed by atoms with van der Waals surface area (Å²) in [6, 6.07) is 12.2. The number of amides is 1. The van der Waals surface area contributed by atoms with Gasteiger partial charge in [-0.05, 0) is 97.7 Å². The normalized spacial score (nSPS) is 33.5. The van der Waals surface area contributed by atoms with Crippen molar-refractivity contribution >= 4 is 40.0 Å². The molecule has 6 aliphatic rings. The molecular weight excluding hydrogens is 835 g/mol. The van der Waals surface area contributed by atoms with Crippen molar-refractivity contribution in [1.82, 2.24) is 10.2 Å². The predicted octanol–water partition coefficient (Wildman–Crippen LogP) is 6.98. The van der Waals surface area contributed by atoms with Gasteiger partial charge in [-0.2, -0.15) is 0 Å². The van der Waals surface area contributed by atoms with E-state index >= 15 is 0 Å². The maximum absolute atomic E-state index is 13.2. The van der Waals surface area contributed by atoms with Crippen LogP contribution in [0.4, 0.5) is 13.6 Å². The first-order valence-corrected chi connectivity index (χ1v) is 22.3. The van der Waals surface area contributed by atoms with Crippen molar-refractivity contribution in [3.05, 3.63) is 71.3 Å². The molecule has 0 saturated carbocycles. The van der Waals surface area contributed by atoms with Gasteiger partial charge in [0.25, 0.3) is 0 Å². The first-order chi connectivity index (χ1) is 28.7. The third kappa shape index (κ3) is 10.9. The van der Waals surface area contributed by atoms with Crippen LogP contribution in [0.25, 0.3) is 0 Å². The van der Waals surface area contributed by atoms with Crippen LogP contribution in [0.3, 0.4) is 0 Å². The summed E-state index contributed by atoms with van der Waals surface area (Å²) in [5.41, 5.74) is 0.694. The second kappa shape index (κ2) is 18.3. The maximum Gasteiger partial charge on any atom is 0.416 e. The van der Waals surface area contributed by atoms with Crippen LogP contribution in [0, 0.1) is 11.6 Å². The van der Waals surface area contributed by atoms with Gasteiger partial charge in [0.2, 0.25) is 0 Å². The van der Waals surface area contributed by atoms with E-state index in [0.29, 0.717) is 18.4 Å². The van der Waals surface area contributed by atoms with Crippen LogP contribution in [0.2, 0.25) is 0 Å². The Morgan fingerprint density at radius 2 is 1.28 bits per heavy atom. The van der Waals surface area contributed by atoms with E-state index in [-0.39, 0.29) is 71.2 Å². The van der Waals surface area contributed by atoms with Crippen LogP contribution in [-0.2, 0) is 55.8 Å². The number of amidine groups is 2. The van der Waals surface area contributed by atoms with Crippen molar-refractivity contribution in [2.24, 2.45) is 9.98 Å². The van der Waals surface area contributed by atoms with Crippen molar-refractivity contribution in [2.75, 3.05) is 14.1 Å². The summed E-state index contributed by atoms with van der Waals surface area (Å²) in [6.07, 6.45) is -2.85. The Kier molecular flexibility index (Phi) is 13.8. The number of carbonyl (C=O) groups is 1. The van der Waals surface area contributed by atoms with E-state index in [1.165, 1.54) is 40.9 Å². The minimum absolute atomic E-state index is 0.0129. The molecule has 0 aliphatic carbocycles. The van der Waals surface area contributed by atoms with Crippen LogP contribution in [0.5, 0.6) is 0 Å². The molecule has 0 unspecified atom stereocenters. The summed E-state index contributed by atoms with van der Waals surface area (Å²) < 4.78 is 81.5. The molecule has 2 aromatic carbocycles. The Morgan fingerprint density at radius 3 is 1.79 bits per heavy atom. The third-order valence-electron chi connectivity index (χ3n) is 10.8. The molecule has 0 spiro atoms. The van der Waals surface area contributed by atoms with E-state index in [0.717, 1.165) is 16.3 Å². The lowest BCUT2D eigenvalue weighted by Gasteiger charge is -2.40. The van der Waals surface area contributed by atoms with Gasteiger partial charge in [-0.1, -0.05) is 47.8 Å². The first-order valence-electron chi connectivity index (χ1n) is 20.5. The quantitative estimate of drug-likeness (QED) is 0.292. The standard InChI is InChI=1S/C24H33FN2O6S.C19H25FN2O4S/c1-13(29-12-14-8-10-15(25)11-9-14)17-19-18(31-24(5,6)32-19)16-20(30-17)34-21(26-16)27(7)22(28)33-23(2,3)4;1-10(23-9-11-5-7-12(20)8-6-11)14-16-15(25-19(2,3)26-16)13-17(24-14)27-18(21-4)22-13/h8-11,13,16-20H,12H2,1-7H3;5-8,10,13-17H,9H2,1-4H3,(H,21,22)/t13-,16+,17+,18+,19+,20+;10-,13+,14+,15+,16+,17+/m00/s1. The molecule has 2 aromatic rings. The van der Waals surface area contributed by atoms with Gasteiger partial charge in [-0.3, -0.25) is 14.9 Å². The highest BCUT2D eigenvalue weighted by Crippen LogP contribution is 2.47. The van der Waals surface area contributed by atoms with Gasteiger partial charge >= 0.3 is 6.09 Å². The lowest BCUT2D eigenvalue weighted by Crippen LogP contribution is -2.60. The highest BCUT2D eigenvalue weighted by molar-refractivity contribution is 8.14. The number of hydrogen-bond donors (Lipinski definition) is 1. The Labute approximate surface area is 365 Å². The summed E-state index contributed by atoms with van der Waals surface area (Å²) in [4.78, 5) is 23.0. The summed E-state index contributed by atoms with van der Waals surface area (Å²) in [7, 11) is 3.39. The fraction of sp³-hybridized carbons (Fsp3) is 0.651. The molecule has 0 bridgehead atoms. The topological polar surface area (TPSA) is 140 Å². The largest absolute Gasteiger partial charge is 0.443 e. The van der Waals surface area contributed by atoms with E-state index in [2.05, 4.69) is 10.3 Å². The number of carbonyl (C=O) groups excluding carboxylic acids is 1. The van der Waals surface area contributed by atoms with E-state index in [4.69, 9.17) is 47.6 Å². The van der Waals surface area contributed by atoms with Gasteiger partial charge in [-0.15, -0.1) is 0 Å². The zero-order valence-electron chi connectivity index (χ0n) is 36.5. The highest BCUT2D eigenvalue weighted by Gasteiger charge is 2.60. The zero-order chi connectivity index (χ0) is 44.0. The van der Waals surface area contributed by atoms with Crippen molar-refractivity contribution in [3.8, 4) is 0 Å². The van der Waals surface area contributed by atoms with Crippen molar-refractivity contribution < 1.29 is 56.2 Å². The monoisotopic (exact) mass is 892 g/mol. The highest BCUT2D eigenvalue weighted by atomic mass is 32.2. The number of aliphatic imine (C=N–C) groups is 2. The number of thioether (sulfide) groups is 2. The Morgan fingerprint density at radius 1 is 0.803 bits per heavy atom. The molecule has 61 heavy (non-hydrogen) atoms. The minimum Gasteiger partial charge on any atom is -0.443 e. The molecule has 0 aromatic heterocycles. The Bertz CT molecular complexity index is 1920. The number of ether oxygens (including phenoxy) is 9. The molecule has 5 fully saturated rings. The number of halogens is 2. The number of nitrogens with zero attached hydrogens (tertiary/aromatic N) is 3. The first kappa shape index (κ1) is 46.1. The fourth-order valence-electron chi connectivity index (χ4n) is 7.91. The molecule has 14 nitrogen and oxygen atoms in total. The van der Waals surface area contributed by atoms with E-state index in [1.54, 1.807) is 50.1 Å². The van der Waals surface area contributed by atoms with Crippen LogP contribution in [0.15, 0.2) is 58.5 Å². The van der Waals surface area contributed by atoms with E-state index in [9.17, 15) is 13.6 Å². The van der Waals surface area contributed by atoms with Gasteiger partial charge in [0.15, 0.2) is 21.9 Å². The fourth-order valence-corrected chi connectivity index (χ4v) is 10.2. The summed E-state index contributed by atoms with van der Waals surface area (Å²) >= 11 is 2.93. The molecule has 8 rings (SSSR count). The van der Waals surface area contributed by atoms with Gasteiger partial charge in [0, 0.05) is 14.1 Å². The van der Waals surface area contributed by atoms with Gasteiger partial charge in [-0.25, -0.2) is 13.6 Å². The molecular formula is C43H58F2N4O10S2. The minimum atomic E-state index is -0.803. The zero-order valence-corrected chi connectivity index (χ0v) is 38.1. The Hall–Kier alpha value is -2.91. The second-order valence-corrected chi connectivity index (χ2v) is 19.9. The average molecular weight is 893 g/mol. The van der Waals surface area contributed by atoms with Gasteiger partial charge < -0.3 is 47.9 Å². The number of rotatable bonds is 8. The molecule has 6 heterocycles. The molecule has 1 N–H and O–H groups in total. The van der Waals surface area contributed by atoms with Crippen LogP contribution in [0.1, 0.15) is 73.4 Å². The molecule has 18 heteroatoms. The molecule has 1 amide bonds. The summed E-state index contributed by atoms with van der Waals surface area (Å²) in [5, 5.41) is 4.74. The van der Waals surface area contributed by atoms with E-state index < -0.39 is 35.5 Å². The number of benzene rings is 2. The summed E-state index contributed by atoms with van der Waals surface area (Å²) in [6.45, 7) is 17.6. The Balaban J connectivity index is 0.000000189. The maximum atomic E-state index is 13.2. The number of hydrogen-bond acceptors (Lipinski definition) is 14. The predicted molar refractivity (Wildman–Crippen MR) is 227 cm³/mol. The molecule has 5 saturated heterocycles. The van der Waals surface area contributed by atoms with Crippen molar-refractivity contribution in [3.63, 3.8) is 0 Å². The molecule has 0 radical (unpaired) electrons. The molecule has 336 valence electrons. The number of fused-ring (bicyclic) bond motifs is 6. The van der Waals surface area contributed by atoms with Crippen LogP contribution in [-0.4, -0.2) is 124 Å². The number of nitrogens with one attached hydrogen (secondary N) is 1. The second-order valence-electron chi connectivity index (χ2n) is 17.7. The van der Waals surface area contributed by atoms with E-state index in [1.807, 2.05) is 62.3 Å². The SMILES string of the molecule is CN=C1N[C@@H]2[C@H]3OC(C)(C)O[C@@H]3[C@@H]([C@H](C)OCc3ccc(F)cc3)O[C@@H]2S1.C[C@H](OCc1ccc(F)cc1)[C@H]1O[C@@H]2SC(N(C)C(=O)OC(C)(C)C)=N[C@@H]2[C@H]2OC(C)(C)O[C@@H]21. The van der Waals surface area contributed by atoms with Crippen molar-refractivity contribution in [2.45, 2.75) is 164 Å². The third-order valence-corrected chi connectivity index (χ3v) is 13.1. The average Bonchev–Trinajstić information content (AvgIpc) is 3.97. The summed E-state index contributed by atoms with van der Waals surface area (Å²) in [5.74, 6) is -2.02. The smallest absolute Gasteiger partial charge is 0.416 e. The van der Waals surface area contributed by atoms with Gasteiger partial charge in [0.05, 0.1) is 31.5 Å². The van der Waals surface area contributed by atoms with Gasteiger partial charge in [0.1, 0.15) is 70.8 Å². The van der Waals surface area contributed by atoms with Crippen LogP contribution >= 0.6 is 23.5 Å².